The molecule has 8 heteroatoms. The van der Waals surface area contributed by atoms with Gasteiger partial charge >= 0.3 is 6.03 Å². The van der Waals surface area contributed by atoms with Gasteiger partial charge < -0.3 is 24.8 Å². The number of ether oxygens (including phenoxy) is 1. The lowest BCUT2D eigenvalue weighted by molar-refractivity contribution is 0.0303. The molecule has 3 amide bonds. The molecule has 31 heavy (non-hydrogen) atoms. The maximum Gasteiger partial charge on any atom is 0.319 e. The van der Waals surface area contributed by atoms with Crippen LogP contribution in [0, 0.1) is 0 Å². The molecule has 2 aromatic carbocycles. The number of amides is 3. The number of nitrogens with zero attached hydrogens (tertiary/aromatic N) is 3. The molecule has 1 aliphatic heterocycles. The number of rotatable bonds is 6. The second-order valence-electron chi connectivity index (χ2n) is 7.26. The number of aromatic nitrogens is 2. The first kappa shape index (κ1) is 20.6. The number of carbonyl (C=O) groups excluding carboxylic acids is 2. The Morgan fingerprint density at radius 1 is 1.00 bits per heavy atom. The minimum atomic E-state index is -0.361. The number of imidazole rings is 1. The SMILES string of the molecule is O=C(NCc1ccccc1Cn1ccnc1)Nc1ccccc1C(=O)N1CCOCC1. The Labute approximate surface area is 180 Å². The van der Waals surface area contributed by atoms with Crippen LogP contribution in [0.5, 0.6) is 0 Å². The van der Waals surface area contributed by atoms with Crippen LogP contribution in [0.3, 0.4) is 0 Å². The number of nitrogens with one attached hydrogen (secondary N) is 2. The van der Waals surface area contributed by atoms with E-state index in [9.17, 15) is 9.59 Å². The summed E-state index contributed by atoms with van der Waals surface area (Å²) in [6.45, 7) is 3.20. The zero-order valence-electron chi connectivity index (χ0n) is 17.2. The van der Waals surface area contributed by atoms with Crippen molar-refractivity contribution in [2.45, 2.75) is 13.1 Å². The van der Waals surface area contributed by atoms with E-state index in [2.05, 4.69) is 15.6 Å². The molecule has 0 bridgehead atoms. The van der Waals surface area contributed by atoms with Gasteiger partial charge in [-0.1, -0.05) is 36.4 Å². The van der Waals surface area contributed by atoms with Gasteiger partial charge in [0.25, 0.3) is 5.91 Å². The van der Waals surface area contributed by atoms with Gasteiger partial charge in [-0.15, -0.1) is 0 Å². The standard InChI is InChI=1S/C23H25N5O3/c29-22(28-11-13-31-14-12-28)20-7-3-4-8-21(20)26-23(30)25-15-18-5-1-2-6-19(18)16-27-10-9-24-17-27/h1-10,17H,11-16H2,(H2,25,26,30). The third kappa shape index (κ3) is 5.29. The second kappa shape index (κ2) is 9.90. The lowest BCUT2D eigenvalue weighted by Crippen LogP contribution is -2.41. The highest BCUT2D eigenvalue weighted by Gasteiger charge is 2.21. The van der Waals surface area contributed by atoms with Gasteiger partial charge in [0.15, 0.2) is 0 Å². The highest BCUT2D eigenvalue weighted by molar-refractivity contribution is 6.03. The molecule has 1 saturated heterocycles. The van der Waals surface area contributed by atoms with Crippen LogP contribution in [0.4, 0.5) is 10.5 Å². The van der Waals surface area contributed by atoms with Crippen molar-refractivity contribution < 1.29 is 14.3 Å². The van der Waals surface area contributed by atoms with E-state index in [1.165, 1.54) is 0 Å². The highest BCUT2D eigenvalue weighted by Crippen LogP contribution is 2.18. The second-order valence-corrected chi connectivity index (χ2v) is 7.26. The van der Waals surface area contributed by atoms with Crippen LogP contribution >= 0.6 is 0 Å². The van der Waals surface area contributed by atoms with Crippen molar-refractivity contribution in [3.63, 3.8) is 0 Å². The van der Waals surface area contributed by atoms with Crippen molar-refractivity contribution in [3.05, 3.63) is 83.9 Å². The molecule has 2 heterocycles. The first-order valence-electron chi connectivity index (χ1n) is 10.2. The molecule has 3 aromatic rings. The first-order chi connectivity index (χ1) is 15.2. The maximum atomic E-state index is 12.9. The fraction of sp³-hybridized carbons (Fsp3) is 0.261. The third-order valence-electron chi connectivity index (χ3n) is 5.17. The average molecular weight is 419 g/mol. The molecule has 1 fully saturated rings. The van der Waals surface area contributed by atoms with Crippen LogP contribution < -0.4 is 10.6 Å². The van der Waals surface area contributed by atoms with Gasteiger partial charge in [0.2, 0.25) is 0 Å². The molecule has 0 atom stereocenters. The van der Waals surface area contributed by atoms with Gasteiger partial charge in [0.1, 0.15) is 0 Å². The van der Waals surface area contributed by atoms with E-state index >= 15 is 0 Å². The summed E-state index contributed by atoms with van der Waals surface area (Å²) >= 11 is 0. The minimum absolute atomic E-state index is 0.107. The highest BCUT2D eigenvalue weighted by atomic mass is 16.5. The quantitative estimate of drug-likeness (QED) is 0.643. The summed E-state index contributed by atoms with van der Waals surface area (Å²) in [5, 5.41) is 5.72. The van der Waals surface area contributed by atoms with E-state index in [1.807, 2.05) is 35.0 Å². The molecule has 0 unspecified atom stereocenters. The van der Waals surface area contributed by atoms with Crippen LogP contribution in [0.25, 0.3) is 0 Å². The number of para-hydroxylation sites is 1. The Hall–Kier alpha value is -3.65. The molecule has 1 aromatic heterocycles. The smallest absolute Gasteiger partial charge is 0.319 e. The summed E-state index contributed by atoms with van der Waals surface area (Å²) in [5.41, 5.74) is 3.08. The number of morpholine rings is 1. The molecule has 4 rings (SSSR count). The Balaban J connectivity index is 1.39. The molecular formula is C23H25N5O3. The fourth-order valence-corrected chi connectivity index (χ4v) is 3.52. The summed E-state index contributed by atoms with van der Waals surface area (Å²) in [6, 6.07) is 14.6. The number of anilines is 1. The molecule has 1 aliphatic rings. The predicted octanol–water partition coefficient (Wildman–Crippen LogP) is 2.73. The lowest BCUT2D eigenvalue weighted by Gasteiger charge is -2.27. The maximum absolute atomic E-state index is 12.9. The van der Waals surface area contributed by atoms with Crippen molar-refractivity contribution in [2.24, 2.45) is 0 Å². The number of hydrogen-bond acceptors (Lipinski definition) is 4. The first-order valence-corrected chi connectivity index (χ1v) is 10.2. The molecule has 0 radical (unpaired) electrons. The van der Waals surface area contributed by atoms with Gasteiger partial charge in [-0.05, 0) is 23.3 Å². The normalized spacial score (nSPS) is 13.6. The monoisotopic (exact) mass is 419 g/mol. The predicted molar refractivity (Wildman–Crippen MR) is 117 cm³/mol. The topological polar surface area (TPSA) is 88.5 Å². The Bertz CT molecular complexity index is 1030. The molecule has 2 N–H and O–H groups in total. The fourth-order valence-electron chi connectivity index (χ4n) is 3.52. The summed E-state index contributed by atoms with van der Waals surface area (Å²) in [5.74, 6) is -0.107. The van der Waals surface area contributed by atoms with E-state index in [0.29, 0.717) is 50.6 Å². The van der Waals surface area contributed by atoms with E-state index in [-0.39, 0.29) is 11.9 Å². The van der Waals surface area contributed by atoms with Crippen molar-refractivity contribution in [1.29, 1.82) is 0 Å². The van der Waals surface area contributed by atoms with E-state index in [0.717, 1.165) is 11.1 Å². The van der Waals surface area contributed by atoms with Gasteiger partial charge in [-0.25, -0.2) is 9.78 Å². The molecule has 160 valence electrons. The van der Waals surface area contributed by atoms with Gasteiger partial charge in [0, 0.05) is 38.6 Å². The Morgan fingerprint density at radius 2 is 1.74 bits per heavy atom. The average Bonchev–Trinajstić information content (AvgIpc) is 3.32. The molecule has 0 spiro atoms. The Kier molecular flexibility index (Phi) is 6.59. The summed E-state index contributed by atoms with van der Waals surface area (Å²) in [7, 11) is 0. The van der Waals surface area contributed by atoms with Crippen LogP contribution in [0.2, 0.25) is 0 Å². The van der Waals surface area contributed by atoms with Crippen LogP contribution in [-0.2, 0) is 17.8 Å². The van der Waals surface area contributed by atoms with Crippen molar-refractivity contribution in [2.75, 3.05) is 31.6 Å². The molecule has 0 saturated carbocycles. The third-order valence-corrected chi connectivity index (χ3v) is 5.17. The van der Waals surface area contributed by atoms with Crippen LogP contribution in [0.1, 0.15) is 21.5 Å². The lowest BCUT2D eigenvalue weighted by atomic mass is 10.1. The van der Waals surface area contributed by atoms with Gasteiger partial charge in [-0.3, -0.25) is 4.79 Å². The summed E-state index contributed by atoms with van der Waals surface area (Å²) in [4.78, 5) is 31.3. The largest absolute Gasteiger partial charge is 0.378 e. The number of benzene rings is 2. The molecular weight excluding hydrogens is 394 g/mol. The van der Waals surface area contributed by atoms with E-state index in [4.69, 9.17) is 4.74 Å². The summed E-state index contributed by atoms with van der Waals surface area (Å²) in [6.07, 6.45) is 5.41. The van der Waals surface area contributed by atoms with E-state index < -0.39 is 0 Å². The number of carbonyl (C=O) groups is 2. The van der Waals surface area contributed by atoms with Crippen molar-refractivity contribution in [3.8, 4) is 0 Å². The van der Waals surface area contributed by atoms with Crippen LogP contribution in [0.15, 0.2) is 67.3 Å². The van der Waals surface area contributed by atoms with Crippen molar-refractivity contribution >= 4 is 17.6 Å². The Morgan fingerprint density at radius 3 is 2.52 bits per heavy atom. The number of urea groups is 1. The van der Waals surface area contributed by atoms with Gasteiger partial charge in [-0.2, -0.15) is 0 Å². The zero-order valence-corrected chi connectivity index (χ0v) is 17.2. The van der Waals surface area contributed by atoms with E-state index in [1.54, 1.807) is 41.7 Å². The zero-order chi connectivity index (χ0) is 21.5. The summed E-state index contributed by atoms with van der Waals surface area (Å²) < 4.78 is 7.30. The minimum Gasteiger partial charge on any atom is -0.378 e. The van der Waals surface area contributed by atoms with Gasteiger partial charge in [0.05, 0.1) is 30.8 Å². The van der Waals surface area contributed by atoms with Crippen LogP contribution in [-0.4, -0.2) is 52.7 Å². The molecule has 0 aliphatic carbocycles. The molecule has 8 nitrogen and oxygen atoms in total. The number of hydrogen-bond donors (Lipinski definition) is 2. The van der Waals surface area contributed by atoms with Crippen molar-refractivity contribution in [1.82, 2.24) is 19.8 Å².